The van der Waals surface area contributed by atoms with E-state index in [0.29, 0.717) is 0 Å². The van der Waals surface area contributed by atoms with Gasteiger partial charge in [-0.2, -0.15) is 0 Å². The largest absolute Gasteiger partial charge is 0.394 e. The number of aliphatic hydroxyl groups excluding tert-OH is 23. The lowest BCUT2D eigenvalue weighted by molar-refractivity contribution is -0.398. The predicted octanol–water partition coefficient (Wildman–Crippen LogP) is -16.3. The van der Waals surface area contributed by atoms with Crippen molar-refractivity contribution in [2.45, 2.75) is 215 Å². The Morgan fingerprint density at radius 1 is 0.218 bits per heavy atom. The lowest BCUT2D eigenvalue weighted by atomic mass is 9.95. The lowest BCUT2D eigenvalue weighted by Crippen LogP contribution is -2.68. The molecule has 0 aromatic heterocycles. The van der Waals surface area contributed by atoms with Gasteiger partial charge in [0.25, 0.3) is 0 Å². The van der Waals surface area contributed by atoms with Crippen molar-refractivity contribution < 1.29 is 179 Å². The molecule has 36 heteroatoms. The van der Waals surface area contributed by atoms with Crippen LogP contribution in [0.15, 0.2) is 0 Å². The summed E-state index contributed by atoms with van der Waals surface area (Å²) in [5.41, 5.74) is 0. The monoisotopic (exact) mass is 1150 g/mol. The molecule has 0 aromatic rings. The molecule has 35 atom stereocenters. The molecule has 78 heavy (non-hydrogen) atoms. The molecule has 7 fully saturated rings. The number of hydrogen-bond acceptors (Lipinski definition) is 36. The Morgan fingerprint density at radius 3 is 0.769 bits per heavy atom. The third-order valence-electron chi connectivity index (χ3n) is 14.5. The van der Waals surface area contributed by atoms with Crippen molar-refractivity contribution in [2.75, 3.05) is 46.2 Å². The summed E-state index contributed by atoms with van der Waals surface area (Å²) in [6.45, 7) is -6.68. The fourth-order valence-electron chi connectivity index (χ4n) is 9.77. The molecule has 7 aliphatic rings. The van der Waals surface area contributed by atoms with Crippen LogP contribution in [0.5, 0.6) is 0 Å². The second kappa shape index (κ2) is 27.5. The zero-order valence-electron chi connectivity index (χ0n) is 40.8. The summed E-state index contributed by atoms with van der Waals surface area (Å²) in [6.07, 6.45) is -70.3. The zero-order valence-corrected chi connectivity index (χ0v) is 40.8. The molecule has 0 aliphatic carbocycles. The molecule has 7 aliphatic heterocycles. The van der Waals surface area contributed by atoms with Crippen molar-refractivity contribution in [1.29, 1.82) is 0 Å². The van der Waals surface area contributed by atoms with Crippen LogP contribution in [0.3, 0.4) is 0 Å². The summed E-state index contributed by atoms with van der Waals surface area (Å²) >= 11 is 0. The summed E-state index contributed by atoms with van der Waals surface area (Å²) in [7, 11) is 0. The van der Waals surface area contributed by atoms with Gasteiger partial charge >= 0.3 is 0 Å². The molecule has 0 saturated carbocycles. The maximum absolute atomic E-state index is 11.9. The summed E-state index contributed by atoms with van der Waals surface area (Å²) in [5.74, 6) is 0. The molecule has 23 N–H and O–H groups in total. The minimum Gasteiger partial charge on any atom is -0.394 e. The predicted molar refractivity (Wildman–Crippen MR) is 232 cm³/mol. The van der Waals surface area contributed by atoms with Crippen LogP contribution in [0.1, 0.15) is 0 Å². The van der Waals surface area contributed by atoms with Gasteiger partial charge in [0.15, 0.2) is 44.0 Å². The third-order valence-corrected chi connectivity index (χ3v) is 14.5. The molecule has 7 heterocycles. The molecule has 0 spiro atoms. The first kappa shape index (κ1) is 64.1. The van der Waals surface area contributed by atoms with E-state index in [1.165, 1.54) is 0 Å². The van der Waals surface area contributed by atoms with Crippen molar-refractivity contribution in [2.24, 2.45) is 0 Å². The van der Waals surface area contributed by atoms with Crippen molar-refractivity contribution in [3.63, 3.8) is 0 Å². The van der Waals surface area contributed by atoms with Crippen LogP contribution >= 0.6 is 0 Å². The molecule has 36 nitrogen and oxygen atoms in total. The van der Waals surface area contributed by atoms with Crippen LogP contribution in [0, 0.1) is 0 Å². The highest BCUT2D eigenvalue weighted by Gasteiger charge is 2.58. The van der Waals surface area contributed by atoms with E-state index in [9.17, 15) is 117 Å². The van der Waals surface area contributed by atoms with Crippen LogP contribution in [-0.2, 0) is 61.6 Å². The smallest absolute Gasteiger partial charge is 0.187 e. The standard InChI is InChI=1S/C42H72O36/c43-1-8-15(48)22(55)25(58)37(69-8)66-6-13-20(53)34(76-39-27(60)24(57)17(50)10(3-45)71-39)30(63)42(74-13)77-33-19(52)12(5-47)72-40(29(33)62)78-35-21(54)14(7-67-38-26(59)23(56)16(49)9(2-44)70-38)73-41(31(35)64)75-32-18(51)11(4-46)68-36(65)28(32)61/h8-65H,1-7H2/t8?,9?,10?,11?,12?,13?,14?,15-,16-,17-,18-,19-,20-,21-,22+,23+,24+,25?,26?,27?,28?,29?,30?,31?,32+,33+,34+,35+,36-,37-,38-,39+,40+,41-,42-/m1/s1. The van der Waals surface area contributed by atoms with Crippen LogP contribution in [-0.4, -0.2) is 379 Å². The van der Waals surface area contributed by atoms with E-state index >= 15 is 0 Å². The average molecular weight is 1150 g/mol. The Labute approximate surface area is 439 Å². The molecule has 14 unspecified atom stereocenters. The molecule has 7 saturated heterocycles. The SMILES string of the molecule is OCC1O[C@@H](OCC2O[C@H](O[C@@H]3C(O)[C@H](O[C@@H]4C(O)[C@@H](O[C@@H]5C(O)[C@H](O)OC(CO)[C@H]5O)OC(CO[C@@H]5OC(CO)[C@@H](O)[C@H](O)C5O)[C@H]4O)OC(CO)[C@H]3O)C(O)[C@@H](O[C@@H]3OC(CO)[C@@H](O)[C@H](O)C3O)[C@@H]2O)C(O)[C@@H](O)[C@@H]1O. The van der Waals surface area contributed by atoms with Crippen molar-refractivity contribution in [3.8, 4) is 0 Å². The van der Waals surface area contributed by atoms with Gasteiger partial charge in [0.2, 0.25) is 0 Å². The highest BCUT2D eigenvalue weighted by atomic mass is 16.8. The first-order valence-electron chi connectivity index (χ1n) is 24.7. The van der Waals surface area contributed by atoms with E-state index in [0.717, 1.165) is 0 Å². The average Bonchev–Trinajstić information content (AvgIpc) is 3.43. The van der Waals surface area contributed by atoms with Gasteiger partial charge in [0.1, 0.15) is 171 Å². The Balaban J connectivity index is 1.15. The van der Waals surface area contributed by atoms with Crippen molar-refractivity contribution in [3.05, 3.63) is 0 Å². The first-order chi connectivity index (χ1) is 36.9. The Bertz CT molecular complexity index is 1810. The summed E-state index contributed by atoms with van der Waals surface area (Å²) in [5, 5.41) is 245. The topological polar surface area (TPSA) is 585 Å². The third kappa shape index (κ3) is 13.2. The fraction of sp³-hybridized carbons (Fsp3) is 1.00. The lowest BCUT2D eigenvalue weighted by Gasteiger charge is -2.50. The molecule has 0 aromatic carbocycles. The minimum absolute atomic E-state index is 0.884. The van der Waals surface area contributed by atoms with E-state index in [1.54, 1.807) is 0 Å². The van der Waals surface area contributed by atoms with Gasteiger partial charge in [0.05, 0.1) is 46.2 Å². The van der Waals surface area contributed by atoms with Gasteiger partial charge in [-0.05, 0) is 0 Å². The molecule has 456 valence electrons. The molecular formula is C42H72O36. The molecule has 0 bridgehead atoms. The quantitative estimate of drug-likeness (QED) is 0.0571. The van der Waals surface area contributed by atoms with Gasteiger partial charge in [-0.1, -0.05) is 0 Å². The second-order valence-corrected chi connectivity index (χ2v) is 19.6. The van der Waals surface area contributed by atoms with Gasteiger partial charge in [-0.3, -0.25) is 0 Å². The van der Waals surface area contributed by atoms with Gasteiger partial charge in [-0.15, -0.1) is 0 Å². The summed E-state index contributed by atoms with van der Waals surface area (Å²) < 4.78 is 72.5. The van der Waals surface area contributed by atoms with Crippen LogP contribution in [0.2, 0.25) is 0 Å². The number of rotatable bonds is 19. The van der Waals surface area contributed by atoms with Crippen LogP contribution < -0.4 is 0 Å². The maximum atomic E-state index is 11.9. The Morgan fingerprint density at radius 2 is 0.449 bits per heavy atom. The molecule has 0 radical (unpaired) electrons. The highest BCUT2D eigenvalue weighted by molar-refractivity contribution is 5.00. The number of hydrogen-bond donors (Lipinski definition) is 23. The maximum Gasteiger partial charge on any atom is 0.187 e. The fourth-order valence-corrected chi connectivity index (χ4v) is 9.77. The van der Waals surface area contributed by atoms with Crippen molar-refractivity contribution in [1.82, 2.24) is 0 Å². The van der Waals surface area contributed by atoms with Crippen LogP contribution in [0.4, 0.5) is 0 Å². The Hall–Kier alpha value is -1.44. The number of aliphatic hydroxyl groups is 23. The molecule has 7 rings (SSSR count). The van der Waals surface area contributed by atoms with Crippen LogP contribution in [0.25, 0.3) is 0 Å². The normalized spacial score (nSPS) is 53.5. The van der Waals surface area contributed by atoms with Gasteiger partial charge in [0, 0.05) is 0 Å². The van der Waals surface area contributed by atoms with E-state index in [-0.39, 0.29) is 0 Å². The Kier molecular flexibility index (Phi) is 22.6. The minimum atomic E-state index is -2.40. The van der Waals surface area contributed by atoms with Gasteiger partial charge in [-0.25, -0.2) is 0 Å². The van der Waals surface area contributed by atoms with Crippen molar-refractivity contribution >= 4 is 0 Å². The number of ether oxygens (including phenoxy) is 13. The van der Waals surface area contributed by atoms with E-state index < -0.39 is 261 Å². The van der Waals surface area contributed by atoms with E-state index in [1.807, 2.05) is 0 Å². The first-order valence-corrected chi connectivity index (χ1v) is 24.7. The molecular weight excluding hydrogens is 1080 g/mol. The van der Waals surface area contributed by atoms with E-state index in [2.05, 4.69) is 0 Å². The zero-order chi connectivity index (χ0) is 57.3. The van der Waals surface area contributed by atoms with Gasteiger partial charge < -0.3 is 179 Å². The second-order valence-electron chi connectivity index (χ2n) is 19.6. The van der Waals surface area contributed by atoms with E-state index in [4.69, 9.17) is 61.6 Å². The highest BCUT2D eigenvalue weighted by Crippen LogP contribution is 2.37. The summed E-state index contributed by atoms with van der Waals surface area (Å²) in [4.78, 5) is 0. The summed E-state index contributed by atoms with van der Waals surface area (Å²) in [6, 6.07) is 0. The molecule has 0 amide bonds.